The molecule has 0 unspecified atom stereocenters. The zero-order chi connectivity index (χ0) is 14.9. The van der Waals surface area contributed by atoms with E-state index in [4.69, 9.17) is 4.84 Å². The lowest BCUT2D eigenvalue weighted by Gasteiger charge is -2.16. The maximum absolute atomic E-state index is 11.7. The number of nitrogens with zero attached hydrogens (tertiary/aromatic N) is 1. The summed E-state index contributed by atoms with van der Waals surface area (Å²) in [5.41, 5.74) is 1.11. The van der Waals surface area contributed by atoms with Crippen LogP contribution >= 0.6 is 0 Å². The molecule has 1 aliphatic rings. The van der Waals surface area contributed by atoms with Crippen LogP contribution in [0.2, 0.25) is 0 Å². The first-order valence-corrected chi connectivity index (χ1v) is 7.34. The molecule has 0 saturated heterocycles. The molecule has 3 aromatic carbocycles. The molecule has 0 aliphatic carbocycles. The Balaban J connectivity index is 1.82. The zero-order valence-electron chi connectivity index (χ0n) is 12.0. The Bertz CT molecular complexity index is 844. The maximum atomic E-state index is 11.7. The summed E-state index contributed by atoms with van der Waals surface area (Å²) in [6.45, 7) is 0.373. The van der Waals surface area contributed by atoms with E-state index in [0.29, 0.717) is 13.0 Å². The highest BCUT2D eigenvalue weighted by atomic mass is 16.7. The van der Waals surface area contributed by atoms with Crippen LogP contribution in [-0.4, -0.2) is 11.0 Å². The van der Waals surface area contributed by atoms with Crippen molar-refractivity contribution >= 4 is 27.5 Å². The van der Waals surface area contributed by atoms with Crippen molar-refractivity contribution in [3.63, 3.8) is 0 Å². The Hall–Kier alpha value is -2.65. The molecule has 0 bridgehead atoms. The van der Waals surface area contributed by atoms with Crippen molar-refractivity contribution in [1.82, 2.24) is 5.06 Å². The van der Waals surface area contributed by atoms with Crippen molar-refractivity contribution in [2.45, 2.75) is 13.0 Å². The normalized spacial score (nSPS) is 14.4. The van der Waals surface area contributed by atoms with Crippen LogP contribution in [0.5, 0.6) is 0 Å². The predicted molar refractivity (Wildman–Crippen MR) is 86.8 cm³/mol. The zero-order valence-corrected chi connectivity index (χ0v) is 12.0. The average Bonchev–Trinajstić information content (AvgIpc) is 2.96. The quantitative estimate of drug-likeness (QED) is 0.677. The molecule has 0 atom stereocenters. The number of carbonyl (C=O) groups is 1. The summed E-state index contributed by atoms with van der Waals surface area (Å²) in [6, 6.07) is 18.7. The van der Waals surface area contributed by atoms with Crippen LogP contribution in [0.15, 0.2) is 66.9 Å². The van der Waals surface area contributed by atoms with Crippen molar-refractivity contribution in [2.75, 3.05) is 0 Å². The van der Waals surface area contributed by atoms with Gasteiger partial charge in [-0.05, 0) is 33.2 Å². The van der Waals surface area contributed by atoms with E-state index in [9.17, 15) is 4.79 Å². The Morgan fingerprint density at radius 2 is 1.59 bits per heavy atom. The van der Waals surface area contributed by atoms with Gasteiger partial charge in [0.25, 0.3) is 5.91 Å². The van der Waals surface area contributed by atoms with E-state index in [2.05, 4.69) is 30.3 Å². The summed E-state index contributed by atoms with van der Waals surface area (Å²) >= 11 is 0. The van der Waals surface area contributed by atoms with Gasteiger partial charge in [-0.1, -0.05) is 54.6 Å². The molecule has 0 aromatic heterocycles. The number of amides is 1. The molecule has 0 radical (unpaired) electrons. The smallest absolute Gasteiger partial charge is 0.254 e. The first-order valence-electron chi connectivity index (χ1n) is 7.34. The molecule has 22 heavy (non-hydrogen) atoms. The lowest BCUT2D eigenvalue weighted by atomic mass is 9.97. The number of hydroxylamine groups is 2. The molecule has 4 rings (SSSR count). The van der Waals surface area contributed by atoms with Gasteiger partial charge in [0.05, 0.1) is 0 Å². The summed E-state index contributed by atoms with van der Waals surface area (Å²) in [5, 5.41) is 6.02. The number of fused-ring (bicyclic) bond motifs is 2. The van der Waals surface area contributed by atoms with E-state index in [1.54, 1.807) is 6.20 Å². The minimum absolute atomic E-state index is 0.0236. The van der Waals surface area contributed by atoms with Gasteiger partial charge in [-0.15, -0.1) is 0 Å². The maximum Gasteiger partial charge on any atom is 0.254 e. The van der Waals surface area contributed by atoms with Gasteiger partial charge in [-0.3, -0.25) is 9.63 Å². The van der Waals surface area contributed by atoms with Crippen molar-refractivity contribution in [3.05, 3.63) is 72.4 Å². The number of hydrogen-bond acceptors (Lipinski definition) is 2. The summed E-state index contributed by atoms with van der Waals surface area (Å²) in [4.78, 5) is 17.4. The Kier molecular flexibility index (Phi) is 3.13. The topological polar surface area (TPSA) is 29.5 Å². The van der Waals surface area contributed by atoms with Gasteiger partial charge < -0.3 is 0 Å². The van der Waals surface area contributed by atoms with Crippen LogP contribution in [0.4, 0.5) is 0 Å². The molecule has 3 aromatic rings. The molecular weight excluding hydrogens is 274 g/mol. The summed E-state index contributed by atoms with van der Waals surface area (Å²) < 4.78 is 0. The predicted octanol–water partition coefficient (Wildman–Crippen LogP) is 4.17. The first kappa shape index (κ1) is 13.0. The van der Waals surface area contributed by atoms with Crippen LogP contribution in [0, 0.1) is 0 Å². The van der Waals surface area contributed by atoms with Crippen LogP contribution < -0.4 is 0 Å². The molecular formula is C19H15NO2. The highest BCUT2D eigenvalue weighted by molar-refractivity contribution is 6.02. The van der Waals surface area contributed by atoms with Crippen LogP contribution in [0.25, 0.3) is 21.5 Å². The van der Waals surface area contributed by atoms with Gasteiger partial charge in [-0.2, -0.15) is 5.06 Å². The van der Waals surface area contributed by atoms with E-state index in [1.807, 2.05) is 30.3 Å². The fourth-order valence-corrected chi connectivity index (χ4v) is 2.93. The van der Waals surface area contributed by atoms with E-state index in [0.717, 1.165) is 16.3 Å². The Morgan fingerprint density at radius 1 is 0.955 bits per heavy atom. The Morgan fingerprint density at radius 3 is 2.18 bits per heavy atom. The fourth-order valence-electron chi connectivity index (χ4n) is 2.93. The van der Waals surface area contributed by atoms with E-state index in [1.165, 1.54) is 15.8 Å². The molecule has 0 saturated carbocycles. The monoisotopic (exact) mass is 289 g/mol. The second-order valence-corrected chi connectivity index (χ2v) is 5.38. The molecule has 0 fully saturated rings. The van der Waals surface area contributed by atoms with Crippen molar-refractivity contribution in [2.24, 2.45) is 0 Å². The number of rotatable bonds is 3. The summed E-state index contributed by atoms with van der Waals surface area (Å²) in [6.07, 6.45) is 3.91. The van der Waals surface area contributed by atoms with Crippen LogP contribution in [0.1, 0.15) is 12.0 Å². The highest BCUT2D eigenvalue weighted by Crippen LogP contribution is 2.29. The molecule has 0 N–H and O–H groups in total. The lowest BCUT2D eigenvalue weighted by molar-refractivity contribution is -0.170. The van der Waals surface area contributed by atoms with Gasteiger partial charge in [0.15, 0.2) is 0 Å². The van der Waals surface area contributed by atoms with Crippen molar-refractivity contribution in [3.8, 4) is 0 Å². The number of benzene rings is 3. The second-order valence-electron chi connectivity index (χ2n) is 5.38. The molecule has 1 aliphatic heterocycles. The van der Waals surface area contributed by atoms with Gasteiger partial charge >= 0.3 is 0 Å². The van der Waals surface area contributed by atoms with Gasteiger partial charge in [0.1, 0.15) is 6.61 Å². The largest absolute Gasteiger partial charge is 0.272 e. The highest BCUT2D eigenvalue weighted by Gasteiger charge is 2.17. The SMILES string of the molecule is O=C1CC=CN1OCc1c2ccccc2cc2ccccc12. The fraction of sp³-hybridized carbons (Fsp3) is 0.105. The summed E-state index contributed by atoms with van der Waals surface area (Å²) in [5.74, 6) is -0.0236. The molecule has 3 nitrogen and oxygen atoms in total. The molecule has 1 heterocycles. The molecule has 1 amide bonds. The van der Waals surface area contributed by atoms with E-state index in [-0.39, 0.29) is 5.91 Å². The minimum atomic E-state index is -0.0236. The molecule has 3 heteroatoms. The first-order chi connectivity index (χ1) is 10.8. The Labute approximate surface area is 128 Å². The average molecular weight is 289 g/mol. The standard InChI is InChI=1S/C19H15NO2/c21-19-10-5-11-20(19)22-13-18-16-8-3-1-6-14(16)12-15-7-2-4-9-17(15)18/h1-9,11-12H,10,13H2. The van der Waals surface area contributed by atoms with E-state index >= 15 is 0 Å². The lowest BCUT2D eigenvalue weighted by Crippen LogP contribution is -2.21. The van der Waals surface area contributed by atoms with Gasteiger partial charge in [0, 0.05) is 12.6 Å². The van der Waals surface area contributed by atoms with Gasteiger partial charge in [-0.25, -0.2) is 0 Å². The summed E-state index contributed by atoms with van der Waals surface area (Å²) in [7, 11) is 0. The third kappa shape index (κ3) is 2.16. The minimum Gasteiger partial charge on any atom is -0.272 e. The second kappa shape index (κ2) is 5.28. The van der Waals surface area contributed by atoms with Crippen LogP contribution in [-0.2, 0) is 16.2 Å². The van der Waals surface area contributed by atoms with Crippen molar-refractivity contribution < 1.29 is 9.63 Å². The number of carbonyl (C=O) groups excluding carboxylic acids is 1. The molecule has 108 valence electrons. The third-order valence-corrected chi connectivity index (χ3v) is 4.01. The van der Waals surface area contributed by atoms with E-state index < -0.39 is 0 Å². The van der Waals surface area contributed by atoms with Gasteiger partial charge in [0.2, 0.25) is 0 Å². The third-order valence-electron chi connectivity index (χ3n) is 4.01. The number of hydrogen-bond donors (Lipinski definition) is 0. The molecule has 0 spiro atoms. The van der Waals surface area contributed by atoms with Crippen LogP contribution in [0.3, 0.4) is 0 Å². The van der Waals surface area contributed by atoms with Crippen molar-refractivity contribution in [1.29, 1.82) is 0 Å².